The summed E-state index contributed by atoms with van der Waals surface area (Å²) in [5.41, 5.74) is 1.12. The van der Waals surface area contributed by atoms with Crippen LogP contribution in [0.2, 0.25) is 0 Å². The van der Waals surface area contributed by atoms with E-state index in [4.69, 9.17) is 9.84 Å². The SMILES string of the molecule is COc1ccc2[nH]c3c(c2c1F)C[C@@]1(C)C(=O)N(CCCNCCO)C(=O)N1[C@@H]3c1cccc(O)c1. The third-order valence-electron chi connectivity index (χ3n) is 7.16. The van der Waals surface area contributed by atoms with Gasteiger partial charge in [0, 0.05) is 36.1 Å². The number of aromatic amines is 1. The van der Waals surface area contributed by atoms with Crippen molar-refractivity contribution in [2.45, 2.75) is 31.3 Å². The molecule has 1 aromatic heterocycles. The molecule has 0 radical (unpaired) electrons. The molecule has 0 bridgehead atoms. The molecule has 10 heteroatoms. The lowest BCUT2D eigenvalue weighted by Crippen LogP contribution is -2.53. The number of phenols is 1. The van der Waals surface area contributed by atoms with Crippen molar-refractivity contribution in [3.63, 3.8) is 0 Å². The molecule has 2 atom stereocenters. The standard InChI is InChI=1S/C26H29FN4O5/c1-26-14-17-20-18(7-8-19(36-2)21(20)27)29-22(17)23(15-5-3-6-16(33)13-15)31(26)25(35)30(24(26)34)11-4-9-28-10-12-32/h3,5-8,13,23,28-29,32-33H,4,9-12,14H2,1-2H3/t23-,26+/m1/s1. The molecule has 2 aromatic carbocycles. The zero-order chi connectivity index (χ0) is 25.6. The van der Waals surface area contributed by atoms with E-state index in [-0.39, 0.29) is 37.0 Å². The van der Waals surface area contributed by atoms with Gasteiger partial charge in [-0.3, -0.25) is 14.6 Å². The Morgan fingerprint density at radius 3 is 2.78 bits per heavy atom. The number of fused-ring (bicyclic) bond motifs is 4. The van der Waals surface area contributed by atoms with Crippen molar-refractivity contribution < 1.29 is 28.9 Å². The second kappa shape index (κ2) is 9.11. The number of carbonyl (C=O) groups excluding carboxylic acids is 2. The molecule has 3 amide bonds. The van der Waals surface area contributed by atoms with Crippen LogP contribution in [-0.2, 0) is 11.2 Å². The van der Waals surface area contributed by atoms with Crippen molar-refractivity contribution in [3.05, 3.63) is 59.0 Å². The van der Waals surface area contributed by atoms with Gasteiger partial charge < -0.3 is 25.3 Å². The fourth-order valence-corrected chi connectivity index (χ4v) is 5.51. The van der Waals surface area contributed by atoms with Gasteiger partial charge in [0.05, 0.1) is 13.7 Å². The number of methoxy groups -OCH3 is 1. The third kappa shape index (κ3) is 3.59. The molecule has 2 aliphatic rings. The van der Waals surface area contributed by atoms with Gasteiger partial charge in [0.25, 0.3) is 5.91 Å². The fraction of sp³-hybridized carbons (Fsp3) is 0.385. The summed E-state index contributed by atoms with van der Waals surface area (Å²) in [6, 6.07) is 8.63. The number of nitrogens with one attached hydrogen (secondary N) is 2. The van der Waals surface area contributed by atoms with Gasteiger partial charge in [0.2, 0.25) is 0 Å². The summed E-state index contributed by atoms with van der Waals surface area (Å²) < 4.78 is 20.7. The normalized spacial score (nSPS) is 21.3. The minimum atomic E-state index is -1.25. The van der Waals surface area contributed by atoms with Crippen molar-refractivity contribution >= 4 is 22.8 Å². The number of aliphatic hydroxyl groups is 1. The number of rotatable bonds is 8. The molecule has 0 saturated carbocycles. The Kier molecular flexibility index (Phi) is 6.09. The number of phenolic OH excluding ortho intramolecular Hbond substituents is 1. The predicted molar refractivity (Wildman–Crippen MR) is 130 cm³/mol. The van der Waals surface area contributed by atoms with Crippen molar-refractivity contribution in [2.24, 2.45) is 0 Å². The highest BCUT2D eigenvalue weighted by Crippen LogP contribution is 2.49. The van der Waals surface area contributed by atoms with E-state index in [1.54, 1.807) is 36.1 Å². The molecule has 0 unspecified atom stereocenters. The number of H-pyrrole nitrogens is 1. The van der Waals surface area contributed by atoms with Gasteiger partial charge in [-0.15, -0.1) is 0 Å². The Bertz CT molecular complexity index is 1340. The summed E-state index contributed by atoms with van der Waals surface area (Å²) in [6.07, 6.45) is 0.657. The smallest absolute Gasteiger partial charge is 0.328 e. The summed E-state index contributed by atoms with van der Waals surface area (Å²) >= 11 is 0. The molecule has 190 valence electrons. The minimum Gasteiger partial charge on any atom is -0.508 e. The van der Waals surface area contributed by atoms with Gasteiger partial charge >= 0.3 is 6.03 Å². The van der Waals surface area contributed by atoms with E-state index in [1.807, 2.05) is 0 Å². The molecule has 1 fully saturated rings. The first-order valence-corrected chi connectivity index (χ1v) is 11.9. The molecule has 2 aliphatic heterocycles. The maximum absolute atomic E-state index is 15.5. The Morgan fingerprint density at radius 1 is 1.25 bits per heavy atom. The first-order valence-electron chi connectivity index (χ1n) is 11.9. The number of aliphatic hydroxyl groups excluding tert-OH is 1. The second-order valence-electron chi connectivity index (χ2n) is 9.41. The van der Waals surface area contributed by atoms with Crippen LogP contribution >= 0.6 is 0 Å². The predicted octanol–water partition coefficient (Wildman–Crippen LogP) is 2.66. The molecule has 5 rings (SSSR count). The Labute approximate surface area is 207 Å². The lowest BCUT2D eigenvalue weighted by molar-refractivity contribution is -0.133. The number of aromatic nitrogens is 1. The molecule has 1 saturated heterocycles. The Hall–Kier alpha value is -3.63. The van der Waals surface area contributed by atoms with Gasteiger partial charge in [-0.25, -0.2) is 9.18 Å². The number of nitrogens with zero attached hydrogens (tertiary/aromatic N) is 2. The molecule has 9 nitrogen and oxygen atoms in total. The number of hydrogen-bond donors (Lipinski definition) is 4. The summed E-state index contributed by atoms with van der Waals surface area (Å²) in [4.78, 5) is 33.6. The zero-order valence-corrected chi connectivity index (χ0v) is 20.2. The number of benzene rings is 2. The quantitative estimate of drug-likeness (QED) is 0.281. The van der Waals surface area contributed by atoms with E-state index >= 15 is 4.39 Å². The van der Waals surface area contributed by atoms with Crippen LogP contribution in [0, 0.1) is 5.82 Å². The maximum Gasteiger partial charge on any atom is 0.328 e. The first-order chi connectivity index (χ1) is 17.3. The minimum absolute atomic E-state index is 0.00602. The highest BCUT2D eigenvalue weighted by atomic mass is 19.1. The summed E-state index contributed by atoms with van der Waals surface area (Å²) in [7, 11) is 1.40. The average Bonchev–Trinajstić information content (AvgIpc) is 3.31. The number of amides is 3. The van der Waals surface area contributed by atoms with Gasteiger partial charge in [-0.1, -0.05) is 12.1 Å². The lowest BCUT2D eigenvalue weighted by Gasteiger charge is -2.42. The van der Waals surface area contributed by atoms with Gasteiger partial charge in [-0.05, 0) is 55.3 Å². The molecular formula is C26H29FN4O5. The lowest BCUT2D eigenvalue weighted by atomic mass is 9.81. The van der Waals surface area contributed by atoms with E-state index in [9.17, 15) is 14.7 Å². The van der Waals surface area contributed by atoms with Crippen molar-refractivity contribution in [1.29, 1.82) is 0 Å². The van der Waals surface area contributed by atoms with E-state index in [2.05, 4.69) is 10.3 Å². The fourth-order valence-electron chi connectivity index (χ4n) is 5.51. The van der Waals surface area contributed by atoms with Crippen LogP contribution in [-0.4, -0.2) is 75.8 Å². The molecule has 3 aromatic rings. The summed E-state index contributed by atoms with van der Waals surface area (Å²) in [5.74, 6) is -0.752. The van der Waals surface area contributed by atoms with Crippen LogP contribution in [0.15, 0.2) is 36.4 Å². The number of urea groups is 1. The Morgan fingerprint density at radius 2 is 2.06 bits per heavy atom. The first kappa shape index (κ1) is 24.1. The molecule has 4 N–H and O–H groups in total. The van der Waals surface area contributed by atoms with Crippen molar-refractivity contribution in [2.75, 3.05) is 33.4 Å². The molecule has 0 aliphatic carbocycles. The maximum atomic E-state index is 15.5. The van der Waals surface area contributed by atoms with Gasteiger partial charge in [0.1, 0.15) is 17.3 Å². The van der Waals surface area contributed by atoms with Gasteiger partial charge in [-0.2, -0.15) is 0 Å². The van der Waals surface area contributed by atoms with Crippen LogP contribution in [0.25, 0.3) is 10.9 Å². The number of ether oxygens (including phenoxy) is 1. The molecule has 3 heterocycles. The summed E-state index contributed by atoms with van der Waals surface area (Å²) in [5, 5.41) is 22.5. The van der Waals surface area contributed by atoms with E-state index in [1.165, 1.54) is 24.1 Å². The summed E-state index contributed by atoms with van der Waals surface area (Å²) in [6.45, 7) is 2.91. The number of halogens is 1. The average molecular weight is 497 g/mol. The number of carbonyl (C=O) groups is 2. The largest absolute Gasteiger partial charge is 0.508 e. The van der Waals surface area contributed by atoms with Crippen molar-refractivity contribution in [3.8, 4) is 11.5 Å². The van der Waals surface area contributed by atoms with E-state index in [0.717, 1.165) is 0 Å². The highest BCUT2D eigenvalue weighted by Gasteiger charge is 2.60. The topological polar surface area (TPSA) is 118 Å². The van der Waals surface area contributed by atoms with E-state index < -0.39 is 23.4 Å². The van der Waals surface area contributed by atoms with Crippen molar-refractivity contribution in [1.82, 2.24) is 20.1 Å². The molecule has 36 heavy (non-hydrogen) atoms. The van der Waals surface area contributed by atoms with Gasteiger partial charge in [0.15, 0.2) is 11.6 Å². The van der Waals surface area contributed by atoms with Crippen LogP contribution in [0.5, 0.6) is 11.5 Å². The highest BCUT2D eigenvalue weighted by molar-refractivity contribution is 6.08. The van der Waals surface area contributed by atoms with Crippen LogP contribution < -0.4 is 10.1 Å². The van der Waals surface area contributed by atoms with Crippen LogP contribution in [0.1, 0.15) is 36.2 Å². The molecule has 0 spiro atoms. The third-order valence-corrected chi connectivity index (χ3v) is 7.16. The number of hydrogen-bond acceptors (Lipinski definition) is 6. The molecular weight excluding hydrogens is 467 g/mol. The second-order valence-corrected chi connectivity index (χ2v) is 9.41. The van der Waals surface area contributed by atoms with Crippen LogP contribution in [0.4, 0.5) is 9.18 Å². The van der Waals surface area contributed by atoms with E-state index in [0.29, 0.717) is 47.2 Å². The zero-order valence-electron chi connectivity index (χ0n) is 20.2. The number of aromatic hydroxyl groups is 1. The Balaban J connectivity index is 1.63. The monoisotopic (exact) mass is 496 g/mol. The van der Waals surface area contributed by atoms with Crippen LogP contribution in [0.3, 0.4) is 0 Å². The number of imide groups is 1.